The average Bonchev–Trinajstić information content (AvgIpc) is 2.74. The molecule has 142 valence electrons. The number of hydrogen-bond donors (Lipinski definition) is 2. The van der Waals surface area contributed by atoms with Gasteiger partial charge in [-0.25, -0.2) is 0 Å². The van der Waals surface area contributed by atoms with E-state index in [4.69, 9.17) is 0 Å². The fourth-order valence-corrected chi connectivity index (χ4v) is 1.41. The van der Waals surface area contributed by atoms with Crippen LogP contribution in [0.2, 0.25) is 0 Å². The Labute approximate surface area is 148 Å². The average molecular weight is 330 g/mol. The van der Waals surface area contributed by atoms with Crippen LogP contribution in [0.25, 0.3) is 0 Å². The molecule has 0 aromatic rings. The maximum Gasteiger partial charge on any atom is 0.0543 e. The lowest BCUT2D eigenvalue weighted by atomic mass is 10.2. The molecule has 23 heavy (non-hydrogen) atoms. The normalized spacial score (nSPS) is 13.6. The van der Waals surface area contributed by atoms with Gasteiger partial charge in [0, 0.05) is 25.0 Å². The number of nitrogens with one attached hydrogen (secondary N) is 1. The third-order valence-electron chi connectivity index (χ3n) is 2.47. The van der Waals surface area contributed by atoms with E-state index < -0.39 is 0 Å². The molecule has 0 aromatic carbocycles. The highest BCUT2D eigenvalue weighted by atomic mass is 15.1. The van der Waals surface area contributed by atoms with Crippen molar-refractivity contribution < 1.29 is 0 Å². The predicted octanol–water partition coefficient (Wildman–Crippen LogP) is 5.56. The van der Waals surface area contributed by atoms with Crippen LogP contribution in [0.1, 0.15) is 68.7 Å². The molecule has 1 aliphatic rings. The molecular weight excluding hydrogens is 282 g/mol. The molecule has 1 aliphatic heterocycles. The van der Waals surface area contributed by atoms with Crippen molar-refractivity contribution in [2.75, 3.05) is 27.2 Å². The summed E-state index contributed by atoms with van der Waals surface area (Å²) < 4.78 is 0. The summed E-state index contributed by atoms with van der Waals surface area (Å²) in [6.07, 6.45) is 3.42. The standard InChI is InChI=1S/C10H18N2.C3H8.2C2H6.C2H4.CH5N/c1-5-10-6-11-9(3)8(2)7-12(10)4;1-3-2;4*1-2/h5,11H,6-7H2,1-4H3;3H2,1-2H3;2*1-2H3;1-2H2;2H2,1H3/b10-5-;;;;;. The Morgan fingerprint density at radius 2 is 1.43 bits per heavy atom. The number of likely N-dealkylation sites (N-methyl/N-ethyl adjacent to an activating group) is 1. The second-order valence-electron chi connectivity index (χ2n) is 4.10. The van der Waals surface area contributed by atoms with Gasteiger partial charge in [-0.1, -0.05) is 54.0 Å². The first kappa shape index (κ1) is 33.4. The van der Waals surface area contributed by atoms with Crippen LogP contribution in [-0.4, -0.2) is 32.1 Å². The van der Waals surface area contributed by atoms with E-state index in [1.807, 2.05) is 27.7 Å². The highest BCUT2D eigenvalue weighted by Crippen LogP contribution is 2.11. The van der Waals surface area contributed by atoms with Crippen LogP contribution in [0.5, 0.6) is 0 Å². The molecular formula is C20H47N3. The quantitative estimate of drug-likeness (QED) is 0.571. The predicted molar refractivity (Wildman–Crippen MR) is 113 cm³/mol. The number of nitrogens with zero attached hydrogens (tertiary/aromatic N) is 1. The van der Waals surface area contributed by atoms with Crippen molar-refractivity contribution in [3.05, 3.63) is 36.2 Å². The zero-order chi connectivity index (χ0) is 19.8. The fourth-order valence-electron chi connectivity index (χ4n) is 1.41. The molecule has 0 saturated heterocycles. The third kappa shape index (κ3) is 23.2. The lowest BCUT2D eigenvalue weighted by molar-refractivity contribution is 0.448. The molecule has 0 atom stereocenters. The molecule has 0 aromatic heterocycles. The van der Waals surface area contributed by atoms with E-state index in [1.54, 1.807) is 0 Å². The van der Waals surface area contributed by atoms with Gasteiger partial charge >= 0.3 is 0 Å². The van der Waals surface area contributed by atoms with Gasteiger partial charge in [0.15, 0.2) is 0 Å². The Morgan fingerprint density at radius 3 is 1.74 bits per heavy atom. The van der Waals surface area contributed by atoms with Crippen molar-refractivity contribution in [2.24, 2.45) is 5.73 Å². The summed E-state index contributed by atoms with van der Waals surface area (Å²) in [7, 11) is 3.64. The summed E-state index contributed by atoms with van der Waals surface area (Å²) in [6, 6.07) is 0. The Bertz CT molecular complexity index is 256. The first-order valence-electron chi connectivity index (χ1n) is 8.91. The molecule has 0 amide bonds. The minimum absolute atomic E-state index is 0.955. The second kappa shape index (κ2) is 32.7. The fraction of sp³-hybridized carbons (Fsp3) is 0.700. The van der Waals surface area contributed by atoms with Crippen molar-refractivity contribution in [1.29, 1.82) is 0 Å². The van der Waals surface area contributed by atoms with E-state index in [9.17, 15) is 0 Å². The zero-order valence-corrected chi connectivity index (χ0v) is 18.1. The first-order chi connectivity index (χ1) is 11.1. The summed E-state index contributed by atoms with van der Waals surface area (Å²) >= 11 is 0. The van der Waals surface area contributed by atoms with Gasteiger partial charge in [-0.3, -0.25) is 0 Å². The minimum atomic E-state index is 0.955. The molecule has 0 fully saturated rings. The molecule has 0 bridgehead atoms. The minimum Gasteiger partial charge on any atom is -0.383 e. The molecule has 1 rings (SSSR count). The van der Waals surface area contributed by atoms with Crippen LogP contribution in [-0.2, 0) is 0 Å². The highest BCUT2D eigenvalue weighted by Gasteiger charge is 2.10. The van der Waals surface area contributed by atoms with Crippen molar-refractivity contribution in [1.82, 2.24) is 10.2 Å². The van der Waals surface area contributed by atoms with Crippen molar-refractivity contribution >= 4 is 0 Å². The molecule has 0 saturated carbocycles. The summed E-state index contributed by atoms with van der Waals surface area (Å²) in [5.74, 6) is 0. The molecule has 0 spiro atoms. The highest BCUT2D eigenvalue weighted by molar-refractivity contribution is 5.18. The second-order valence-corrected chi connectivity index (χ2v) is 4.10. The van der Waals surface area contributed by atoms with E-state index >= 15 is 0 Å². The largest absolute Gasteiger partial charge is 0.383 e. The number of allylic oxidation sites excluding steroid dienone is 2. The number of nitrogens with two attached hydrogens (primary N) is 1. The van der Waals surface area contributed by atoms with Crippen LogP contribution in [0.15, 0.2) is 36.2 Å². The van der Waals surface area contributed by atoms with Gasteiger partial charge in [0.2, 0.25) is 0 Å². The van der Waals surface area contributed by atoms with Crippen molar-refractivity contribution in [2.45, 2.75) is 68.7 Å². The first-order valence-corrected chi connectivity index (χ1v) is 8.91. The molecule has 0 unspecified atom stereocenters. The number of rotatable bonds is 0. The Hall–Kier alpha value is -1.22. The van der Waals surface area contributed by atoms with Gasteiger partial charge in [-0.15, -0.1) is 13.2 Å². The maximum absolute atomic E-state index is 4.50. The molecule has 0 radical (unpaired) electrons. The van der Waals surface area contributed by atoms with E-state index in [0.29, 0.717) is 0 Å². The van der Waals surface area contributed by atoms with Gasteiger partial charge in [-0.05, 0) is 33.4 Å². The van der Waals surface area contributed by atoms with Crippen molar-refractivity contribution in [3.8, 4) is 0 Å². The van der Waals surface area contributed by atoms with Crippen molar-refractivity contribution in [3.63, 3.8) is 0 Å². The summed E-state index contributed by atoms with van der Waals surface area (Å²) in [4.78, 5) is 2.29. The van der Waals surface area contributed by atoms with E-state index in [2.05, 4.69) is 76.9 Å². The molecule has 1 heterocycles. The Morgan fingerprint density at radius 1 is 1.09 bits per heavy atom. The third-order valence-corrected chi connectivity index (χ3v) is 2.47. The van der Waals surface area contributed by atoms with Crippen LogP contribution in [0.3, 0.4) is 0 Å². The van der Waals surface area contributed by atoms with Gasteiger partial charge < -0.3 is 16.0 Å². The molecule has 3 nitrogen and oxygen atoms in total. The van der Waals surface area contributed by atoms with Gasteiger partial charge in [0.1, 0.15) is 0 Å². The number of hydrogen-bond acceptors (Lipinski definition) is 3. The lowest BCUT2D eigenvalue weighted by Gasteiger charge is -2.19. The van der Waals surface area contributed by atoms with Crippen LogP contribution in [0.4, 0.5) is 0 Å². The van der Waals surface area contributed by atoms with Gasteiger partial charge in [0.25, 0.3) is 0 Å². The lowest BCUT2D eigenvalue weighted by Crippen LogP contribution is -2.22. The summed E-state index contributed by atoms with van der Waals surface area (Å²) in [6.45, 7) is 26.7. The smallest absolute Gasteiger partial charge is 0.0543 e. The Balaban J connectivity index is -0.0000000829. The van der Waals surface area contributed by atoms with Crippen LogP contribution in [0, 0.1) is 0 Å². The molecule has 3 heteroatoms. The van der Waals surface area contributed by atoms with E-state index in [1.165, 1.54) is 30.4 Å². The maximum atomic E-state index is 4.50. The SMILES string of the molecule is C/C=C1/CNC(C)=C(C)CN1C.C=C.CC.CC.CCC.CN. The summed E-state index contributed by atoms with van der Waals surface area (Å²) in [5.41, 5.74) is 8.61. The zero-order valence-electron chi connectivity index (χ0n) is 18.1. The van der Waals surface area contributed by atoms with Gasteiger partial charge in [-0.2, -0.15) is 0 Å². The van der Waals surface area contributed by atoms with E-state index in [0.717, 1.165) is 13.1 Å². The van der Waals surface area contributed by atoms with Crippen LogP contribution < -0.4 is 11.1 Å². The van der Waals surface area contributed by atoms with Crippen LogP contribution >= 0.6 is 0 Å². The topological polar surface area (TPSA) is 41.3 Å². The Kier molecular flexibility index (Phi) is 47.4. The molecule has 3 N–H and O–H groups in total. The monoisotopic (exact) mass is 329 g/mol. The molecule has 0 aliphatic carbocycles. The van der Waals surface area contributed by atoms with E-state index in [-0.39, 0.29) is 0 Å². The van der Waals surface area contributed by atoms with Gasteiger partial charge in [0.05, 0.1) is 6.54 Å². The summed E-state index contributed by atoms with van der Waals surface area (Å²) in [5, 5.41) is 3.40.